The first kappa shape index (κ1) is 12.4. The van der Waals surface area contributed by atoms with Gasteiger partial charge in [0.1, 0.15) is 0 Å². The number of anilines is 1. The summed E-state index contributed by atoms with van der Waals surface area (Å²) in [5.74, 6) is 0.618. The van der Waals surface area contributed by atoms with Crippen LogP contribution in [-0.2, 0) is 11.3 Å². The summed E-state index contributed by atoms with van der Waals surface area (Å²) < 4.78 is 5.21. The Labute approximate surface area is 103 Å². The van der Waals surface area contributed by atoms with Crippen molar-refractivity contribution in [2.75, 3.05) is 31.7 Å². The van der Waals surface area contributed by atoms with E-state index in [1.54, 1.807) is 7.11 Å². The van der Waals surface area contributed by atoms with Gasteiger partial charge in [0.25, 0.3) is 0 Å². The summed E-state index contributed by atoms with van der Waals surface area (Å²) in [4.78, 5) is 2.36. The van der Waals surface area contributed by atoms with Crippen molar-refractivity contribution >= 4 is 5.69 Å². The maximum absolute atomic E-state index is 9.42. The topological polar surface area (TPSA) is 32.7 Å². The van der Waals surface area contributed by atoms with Gasteiger partial charge in [0.05, 0.1) is 13.2 Å². The van der Waals surface area contributed by atoms with Crippen LogP contribution in [-0.4, -0.2) is 31.9 Å². The summed E-state index contributed by atoms with van der Waals surface area (Å²) in [5.41, 5.74) is 3.41. The molecule has 1 heterocycles. The quantitative estimate of drug-likeness (QED) is 0.866. The summed E-state index contributed by atoms with van der Waals surface area (Å²) in [6, 6.07) is 6.30. The number of aliphatic hydroxyl groups excluding tert-OH is 1. The zero-order chi connectivity index (χ0) is 12.3. The minimum absolute atomic E-state index is 0.114. The fourth-order valence-corrected chi connectivity index (χ4v) is 2.57. The van der Waals surface area contributed by atoms with Crippen LogP contribution in [0.15, 0.2) is 18.2 Å². The van der Waals surface area contributed by atoms with Gasteiger partial charge in [-0.25, -0.2) is 0 Å². The lowest BCUT2D eigenvalue weighted by molar-refractivity contribution is 0.161. The lowest BCUT2D eigenvalue weighted by Gasteiger charge is -2.22. The molecule has 1 aliphatic rings. The first-order valence-corrected chi connectivity index (χ1v) is 6.19. The number of hydrogen-bond acceptors (Lipinski definition) is 3. The highest BCUT2D eigenvalue weighted by atomic mass is 16.5. The van der Waals surface area contributed by atoms with E-state index in [4.69, 9.17) is 4.74 Å². The Morgan fingerprint density at radius 1 is 1.47 bits per heavy atom. The molecule has 1 saturated heterocycles. The molecule has 1 fully saturated rings. The highest BCUT2D eigenvalue weighted by molar-refractivity contribution is 5.55. The zero-order valence-electron chi connectivity index (χ0n) is 10.6. The van der Waals surface area contributed by atoms with Crippen LogP contribution in [0.5, 0.6) is 0 Å². The third kappa shape index (κ3) is 2.79. The SMILES string of the molecule is COCC1CCN(c2ccc(C)cc2CO)C1. The number of ether oxygens (including phenoxy) is 1. The molecule has 0 bridgehead atoms. The van der Waals surface area contributed by atoms with Crippen LogP contribution in [0.25, 0.3) is 0 Å². The summed E-state index contributed by atoms with van der Waals surface area (Å²) in [6.07, 6.45) is 1.17. The molecule has 0 aromatic heterocycles. The molecule has 1 aliphatic heterocycles. The average Bonchev–Trinajstić information content (AvgIpc) is 2.78. The van der Waals surface area contributed by atoms with E-state index in [9.17, 15) is 5.11 Å². The Bertz CT molecular complexity index is 378. The first-order chi connectivity index (χ1) is 8.24. The lowest BCUT2D eigenvalue weighted by Crippen LogP contribution is -2.22. The fraction of sp³-hybridized carbons (Fsp3) is 0.571. The third-order valence-electron chi connectivity index (χ3n) is 3.43. The Morgan fingerprint density at radius 2 is 2.29 bits per heavy atom. The lowest BCUT2D eigenvalue weighted by atomic mass is 10.1. The van der Waals surface area contributed by atoms with Crippen LogP contribution in [0.4, 0.5) is 5.69 Å². The molecule has 0 aliphatic carbocycles. The van der Waals surface area contributed by atoms with Gasteiger partial charge in [0, 0.05) is 37.4 Å². The first-order valence-electron chi connectivity index (χ1n) is 6.19. The van der Waals surface area contributed by atoms with Gasteiger partial charge in [-0.05, 0) is 19.4 Å². The fourth-order valence-electron chi connectivity index (χ4n) is 2.57. The van der Waals surface area contributed by atoms with Crippen molar-refractivity contribution in [2.45, 2.75) is 20.0 Å². The Balaban J connectivity index is 2.12. The molecule has 17 heavy (non-hydrogen) atoms. The molecular formula is C14H21NO2. The number of nitrogens with zero attached hydrogens (tertiary/aromatic N) is 1. The highest BCUT2D eigenvalue weighted by Gasteiger charge is 2.23. The van der Waals surface area contributed by atoms with Crippen molar-refractivity contribution < 1.29 is 9.84 Å². The maximum atomic E-state index is 9.42. The smallest absolute Gasteiger partial charge is 0.0702 e. The van der Waals surface area contributed by atoms with Gasteiger partial charge in [-0.2, -0.15) is 0 Å². The molecular weight excluding hydrogens is 214 g/mol. The molecule has 0 spiro atoms. The summed E-state index contributed by atoms with van der Waals surface area (Å²) in [6.45, 7) is 5.09. The number of hydrogen-bond donors (Lipinski definition) is 1. The molecule has 1 aromatic carbocycles. The average molecular weight is 235 g/mol. The predicted octanol–water partition coefficient (Wildman–Crippen LogP) is 1.96. The van der Waals surface area contributed by atoms with Crippen LogP contribution >= 0.6 is 0 Å². The molecule has 94 valence electrons. The van der Waals surface area contributed by atoms with Gasteiger partial charge in [-0.1, -0.05) is 17.7 Å². The molecule has 1 N–H and O–H groups in total. The second-order valence-electron chi connectivity index (χ2n) is 4.85. The van der Waals surface area contributed by atoms with Crippen molar-refractivity contribution in [3.8, 4) is 0 Å². The standard InChI is InChI=1S/C14H21NO2/c1-11-3-4-14(13(7-11)9-16)15-6-5-12(8-15)10-17-2/h3-4,7,12,16H,5-6,8-10H2,1-2H3. The van der Waals surface area contributed by atoms with Crippen molar-refractivity contribution in [1.82, 2.24) is 0 Å². The van der Waals surface area contributed by atoms with E-state index >= 15 is 0 Å². The van der Waals surface area contributed by atoms with E-state index in [1.807, 2.05) is 0 Å². The summed E-state index contributed by atoms with van der Waals surface area (Å²) >= 11 is 0. The molecule has 1 unspecified atom stereocenters. The molecule has 0 saturated carbocycles. The number of methoxy groups -OCH3 is 1. The molecule has 2 rings (SSSR count). The van der Waals surface area contributed by atoms with Crippen LogP contribution in [0.1, 0.15) is 17.5 Å². The van der Waals surface area contributed by atoms with E-state index in [0.29, 0.717) is 5.92 Å². The second kappa shape index (κ2) is 5.52. The molecule has 0 radical (unpaired) electrons. The number of aryl methyl sites for hydroxylation is 1. The molecule has 1 atom stereocenters. The van der Waals surface area contributed by atoms with Gasteiger partial charge < -0.3 is 14.7 Å². The van der Waals surface area contributed by atoms with Gasteiger partial charge in [0.15, 0.2) is 0 Å². The van der Waals surface area contributed by atoms with Gasteiger partial charge in [-0.3, -0.25) is 0 Å². The van der Waals surface area contributed by atoms with Crippen LogP contribution in [0, 0.1) is 12.8 Å². The van der Waals surface area contributed by atoms with E-state index < -0.39 is 0 Å². The Kier molecular flexibility index (Phi) is 4.02. The second-order valence-corrected chi connectivity index (χ2v) is 4.85. The molecule has 1 aromatic rings. The maximum Gasteiger partial charge on any atom is 0.0702 e. The minimum Gasteiger partial charge on any atom is -0.392 e. The monoisotopic (exact) mass is 235 g/mol. The van der Waals surface area contributed by atoms with Crippen molar-refractivity contribution in [3.05, 3.63) is 29.3 Å². The van der Waals surface area contributed by atoms with Crippen LogP contribution in [0.2, 0.25) is 0 Å². The van der Waals surface area contributed by atoms with Crippen LogP contribution in [0.3, 0.4) is 0 Å². The number of rotatable bonds is 4. The zero-order valence-corrected chi connectivity index (χ0v) is 10.6. The van der Waals surface area contributed by atoms with E-state index in [-0.39, 0.29) is 6.61 Å². The van der Waals surface area contributed by atoms with E-state index in [0.717, 1.165) is 25.3 Å². The van der Waals surface area contributed by atoms with Gasteiger partial charge in [0.2, 0.25) is 0 Å². The largest absolute Gasteiger partial charge is 0.392 e. The van der Waals surface area contributed by atoms with E-state index in [1.165, 1.54) is 17.7 Å². The molecule has 0 amide bonds. The minimum atomic E-state index is 0.114. The molecule has 3 heteroatoms. The van der Waals surface area contributed by atoms with Gasteiger partial charge >= 0.3 is 0 Å². The number of benzene rings is 1. The predicted molar refractivity (Wildman–Crippen MR) is 69.3 cm³/mol. The highest BCUT2D eigenvalue weighted by Crippen LogP contribution is 2.28. The summed E-state index contributed by atoms with van der Waals surface area (Å²) in [7, 11) is 1.76. The van der Waals surface area contributed by atoms with Crippen molar-refractivity contribution in [3.63, 3.8) is 0 Å². The number of aliphatic hydroxyl groups is 1. The van der Waals surface area contributed by atoms with Crippen molar-refractivity contribution in [1.29, 1.82) is 0 Å². The van der Waals surface area contributed by atoms with Gasteiger partial charge in [-0.15, -0.1) is 0 Å². The Morgan fingerprint density at radius 3 is 3.00 bits per heavy atom. The van der Waals surface area contributed by atoms with E-state index in [2.05, 4.69) is 30.0 Å². The third-order valence-corrected chi connectivity index (χ3v) is 3.43. The summed E-state index contributed by atoms with van der Waals surface area (Å²) in [5, 5.41) is 9.42. The normalized spacial score (nSPS) is 19.9. The van der Waals surface area contributed by atoms with Crippen LogP contribution < -0.4 is 4.90 Å². The Hall–Kier alpha value is -1.06. The molecule has 3 nitrogen and oxygen atoms in total. The van der Waals surface area contributed by atoms with Crippen molar-refractivity contribution in [2.24, 2.45) is 5.92 Å².